The summed E-state index contributed by atoms with van der Waals surface area (Å²) in [5.41, 5.74) is 3.83. The number of carbonyl (C=O) groups is 2. The lowest BCUT2D eigenvalue weighted by Gasteiger charge is -2.15. The predicted octanol–water partition coefficient (Wildman–Crippen LogP) is 5.27. The van der Waals surface area contributed by atoms with Gasteiger partial charge < -0.3 is 15.1 Å². The second-order valence-corrected chi connectivity index (χ2v) is 9.42. The molecule has 1 aliphatic rings. The highest BCUT2D eigenvalue weighted by atomic mass is 32.2. The number of aromatic nitrogens is 1. The van der Waals surface area contributed by atoms with Crippen LogP contribution < -0.4 is 15.5 Å². The van der Waals surface area contributed by atoms with E-state index in [0.29, 0.717) is 30.1 Å². The predicted molar refractivity (Wildman–Crippen MR) is 128 cm³/mol. The van der Waals surface area contributed by atoms with Gasteiger partial charge in [-0.3, -0.25) is 9.69 Å². The minimum absolute atomic E-state index is 0.137. The van der Waals surface area contributed by atoms with Crippen LogP contribution in [-0.2, 0) is 5.75 Å². The summed E-state index contributed by atoms with van der Waals surface area (Å²) in [4.78, 5) is 31.3. The highest BCUT2D eigenvalue weighted by molar-refractivity contribution is 8.00. The third kappa shape index (κ3) is 4.09. The maximum atomic E-state index is 13.2. The molecule has 32 heavy (non-hydrogen) atoms. The zero-order valence-corrected chi connectivity index (χ0v) is 18.9. The largest absolute Gasteiger partial charge is 0.451 e. The first-order valence-corrected chi connectivity index (χ1v) is 12.0. The van der Waals surface area contributed by atoms with Crippen molar-refractivity contribution in [3.63, 3.8) is 0 Å². The summed E-state index contributed by atoms with van der Waals surface area (Å²) in [7, 11) is 0. The summed E-state index contributed by atoms with van der Waals surface area (Å²) in [5.74, 6) is 0.534. The lowest BCUT2D eigenvalue weighted by Crippen LogP contribution is -2.27. The smallest absolute Gasteiger partial charge is 0.321 e. The van der Waals surface area contributed by atoms with E-state index in [-0.39, 0.29) is 17.7 Å². The Balaban J connectivity index is 1.41. The van der Waals surface area contributed by atoms with E-state index in [2.05, 4.69) is 15.6 Å². The summed E-state index contributed by atoms with van der Waals surface area (Å²) in [6.45, 7) is 3.16. The SMILES string of the molecule is Cc1csc(SCc2c(C(=O)Nc3cccc(N4CCNC4=O)c3)oc3ccccc23)n1. The lowest BCUT2D eigenvalue weighted by atomic mass is 10.1. The number of benzene rings is 2. The van der Waals surface area contributed by atoms with Crippen molar-refractivity contribution < 1.29 is 14.0 Å². The van der Waals surface area contributed by atoms with Crippen molar-refractivity contribution in [1.82, 2.24) is 10.3 Å². The quantitative estimate of drug-likeness (QED) is 0.380. The molecule has 0 bridgehead atoms. The molecule has 5 rings (SSSR count). The fourth-order valence-electron chi connectivity index (χ4n) is 3.62. The Bertz CT molecular complexity index is 1310. The van der Waals surface area contributed by atoms with Crippen LogP contribution in [-0.4, -0.2) is 30.0 Å². The molecule has 0 spiro atoms. The van der Waals surface area contributed by atoms with E-state index in [4.69, 9.17) is 4.42 Å². The number of fused-ring (bicyclic) bond motifs is 1. The molecular formula is C23H20N4O3S2. The number of amides is 3. The number of thiazole rings is 1. The van der Waals surface area contributed by atoms with Crippen molar-refractivity contribution >= 4 is 57.4 Å². The molecular weight excluding hydrogens is 444 g/mol. The maximum Gasteiger partial charge on any atom is 0.321 e. The van der Waals surface area contributed by atoms with Gasteiger partial charge in [-0.2, -0.15) is 0 Å². The third-order valence-corrected chi connectivity index (χ3v) is 7.28. The van der Waals surface area contributed by atoms with Crippen molar-refractivity contribution in [1.29, 1.82) is 0 Å². The summed E-state index contributed by atoms with van der Waals surface area (Å²) in [6.07, 6.45) is 0. The van der Waals surface area contributed by atoms with Crippen molar-refractivity contribution in [2.75, 3.05) is 23.3 Å². The van der Waals surface area contributed by atoms with Crippen LogP contribution in [0.1, 0.15) is 21.8 Å². The standard InChI is InChI=1S/C23H20N4O3S2/c1-14-12-31-23(25-14)32-13-18-17-7-2-3-8-19(17)30-20(18)21(28)26-15-5-4-6-16(11-15)27-10-9-24-22(27)29/h2-8,11-12H,9-10,13H2,1H3,(H,24,29)(H,26,28). The Morgan fingerprint density at radius 3 is 2.94 bits per heavy atom. The molecule has 0 radical (unpaired) electrons. The van der Waals surface area contributed by atoms with Gasteiger partial charge in [0.1, 0.15) is 9.92 Å². The Hall–Kier alpha value is -3.30. The first-order valence-electron chi connectivity index (χ1n) is 10.1. The van der Waals surface area contributed by atoms with Gasteiger partial charge in [-0.1, -0.05) is 36.0 Å². The number of aryl methyl sites for hydroxylation is 1. The minimum atomic E-state index is -0.324. The molecule has 2 N–H and O–H groups in total. The normalized spacial score (nSPS) is 13.5. The fourth-order valence-corrected chi connectivity index (χ4v) is 5.49. The van der Waals surface area contributed by atoms with Gasteiger partial charge in [0.2, 0.25) is 0 Å². The second-order valence-electron chi connectivity index (χ2n) is 7.34. The molecule has 0 unspecified atom stereocenters. The lowest BCUT2D eigenvalue weighted by molar-refractivity contribution is 0.0998. The fraction of sp³-hybridized carbons (Fsp3) is 0.174. The second kappa shape index (κ2) is 8.68. The van der Waals surface area contributed by atoms with E-state index in [1.165, 1.54) is 0 Å². The topological polar surface area (TPSA) is 87.5 Å². The van der Waals surface area contributed by atoms with E-state index < -0.39 is 0 Å². The highest BCUT2D eigenvalue weighted by Crippen LogP contribution is 2.34. The molecule has 1 aliphatic heterocycles. The van der Waals surface area contributed by atoms with E-state index >= 15 is 0 Å². The van der Waals surface area contributed by atoms with Gasteiger partial charge in [0.15, 0.2) is 5.76 Å². The van der Waals surface area contributed by atoms with Gasteiger partial charge in [0.25, 0.3) is 5.91 Å². The molecule has 3 heterocycles. The third-order valence-electron chi connectivity index (χ3n) is 5.11. The average molecular weight is 465 g/mol. The molecule has 162 valence electrons. The van der Waals surface area contributed by atoms with Gasteiger partial charge >= 0.3 is 6.03 Å². The van der Waals surface area contributed by atoms with E-state index in [1.54, 1.807) is 40.1 Å². The van der Waals surface area contributed by atoms with Crippen LogP contribution in [0, 0.1) is 6.92 Å². The summed E-state index contributed by atoms with van der Waals surface area (Å²) >= 11 is 3.18. The Morgan fingerprint density at radius 2 is 2.16 bits per heavy atom. The van der Waals surface area contributed by atoms with E-state index in [0.717, 1.165) is 26.7 Å². The number of hydrogen-bond acceptors (Lipinski definition) is 6. The average Bonchev–Trinajstić information content (AvgIpc) is 3.50. The number of furan rings is 1. The Kier molecular flexibility index (Phi) is 5.59. The van der Waals surface area contributed by atoms with Crippen LogP contribution in [0.4, 0.5) is 16.2 Å². The van der Waals surface area contributed by atoms with Crippen LogP contribution in [0.5, 0.6) is 0 Å². The Labute approximate surface area is 192 Å². The highest BCUT2D eigenvalue weighted by Gasteiger charge is 2.23. The molecule has 7 nitrogen and oxygen atoms in total. The Morgan fingerprint density at radius 1 is 1.28 bits per heavy atom. The van der Waals surface area contributed by atoms with Gasteiger partial charge in [-0.05, 0) is 31.2 Å². The van der Waals surface area contributed by atoms with E-state index in [1.807, 2.05) is 48.7 Å². The summed E-state index contributed by atoms with van der Waals surface area (Å²) < 4.78 is 6.91. The number of urea groups is 1. The summed E-state index contributed by atoms with van der Waals surface area (Å²) in [5, 5.41) is 8.64. The van der Waals surface area contributed by atoms with Crippen LogP contribution in [0.2, 0.25) is 0 Å². The molecule has 0 saturated carbocycles. The first-order chi connectivity index (χ1) is 15.6. The number of para-hydroxylation sites is 1. The van der Waals surface area contributed by atoms with Gasteiger partial charge in [0, 0.05) is 52.2 Å². The zero-order valence-electron chi connectivity index (χ0n) is 17.3. The van der Waals surface area contributed by atoms with Crippen LogP contribution in [0.15, 0.2) is 62.7 Å². The summed E-state index contributed by atoms with van der Waals surface area (Å²) in [6, 6.07) is 14.8. The van der Waals surface area contributed by atoms with Crippen molar-refractivity contribution in [2.24, 2.45) is 0 Å². The first kappa shape index (κ1) is 20.6. The van der Waals surface area contributed by atoms with Crippen LogP contribution in [0.25, 0.3) is 11.0 Å². The number of nitrogens with zero attached hydrogens (tertiary/aromatic N) is 2. The maximum absolute atomic E-state index is 13.2. The zero-order chi connectivity index (χ0) is 22.1. The van der Waals surface area contributed by atoms with Crippen molar-refractivity contribution in [2.45, 2.75) is 17.0 Å². The number of nitrogens with one attached hydrogen (secondary N) is 2. The minimum Gasteiger partial charge on any atom is -0.451 e. The van der Waals surface area contributed by atoms with Crippen LogP contribution in [0.3, 0.4) is 0 Å². The number of anilines is 2. The van der Waals surface area contributed by atoms with Gasteiger partial charge in [0.05, 0.1) is 0 Å². The van der Waals surface area contributed by atoms with Crippen molar-refractivity contribution in [3.8, 4) is 0 Å². The van der Waals surface area contributed by atoms with E-state index in [9.17, 15) is 9.59 Å². The molecule has 0 aliphatic carbocycles. The molecule has 3 amide bonds. The molecule has 0 atom stereocenters. The molecule has 2 aromatic carbocycles. The van der Waals surface area contributed by atoms with Crippen molar-refractivity contribution in [3.05, 3.63) is 70.9 Å². The number of carbonyl (C=O) groups excluding carboxylic acids is 2. The number of rotatable bonds is 6. The molecule has 9 heteroatoms. The van der Waals surface area contributed by atoms with Gasteiger partial charge in [-0.15, -0.1) is 11.3 Å². The van der Waals surface area contributed by atoms with Gasteiger partial charge in [-0.25, -0.2) is 9.78 Å². The van der Waals surface area contributed by atoms with Crippen LogP contribution >= 0.6 is 23.1 Å². The molecule has 1 saturated heterocycles. The molecule has 4 aromatic rings. The number of thioether (sulfide) groups is 1. The number of hydrogen-bond donors (Lipinski definition) is 2. The molecule has 1 fully saturated rings. The molecule has 2 aromatic heterocycles. The monoisotopic (exact) mass is 464 g/mol.